The second-order valence-electron chi connectivity index (χ2n) is 5.21. The third kappa shape index (κ3) is 6.42. The van der Waals surface area contributed by atoms with E-state index in [0.29, 0.717) is 13.1 Å². The predicted octanol–water partition coefficient (Wildman–Crippen LogP) is -0.126. The fraction of sp³-hybridized carbons (Fsp3) is 1.00. The summed E-state index contributed by atoms with van der Waals surface area (Å²) in [6.45, 7) is 7.16. The molecule has 0 saturated carbocycles. The highest BCUT2D eigenvalue weighted by Gasteiger charge is 2.27. The van der Waals surface area contributed by atoms with Gasteiger partial charge in [-0.25, -0.2) is 13.1 Å². The minimum Gasteiger partial charge on any atom is -0.395 e. The third-order valence-corrected chi connectivity index (χ3v) is 3.26. The van der Waals surface area contributed by atoms with Gasteiger partial charge in [-0.1, -0.05) is 20.8 Å². The van der Waals surface area contributed by atoms with Crippen LogP contribution in [0.2, 0.25) is 0 Å². The summed E-state index contributed by atoms with van der Waals surface area (Å²) < 4.78 is 24.2. The first kappa shape index (κ1) is 15.8. The van der Waals surface area contributed by atoms with Gasteiger partial charge in [-0.15, -0.1) is 0 Å². The summed E-state index contributed by atoms with van der Waals surface area (Å²) in [5.74, 6) is 0. The van der Waals surface area contributed by atoms with Crippen molar-refractivity contribution in [3.05, 3.63) is 0 Å². The molecule has 0 radical (unpaired) electrons. The van der Waals surface area contributed by atoms with Gasteiger partial charge in [0.05, 0.1) is 12.9 Å². The minimum atomic E-state index is -3.13. The van der Waals surface area contributed by atoms with Gasteiger partial charge in [-0.2, -0.15) is 0 Å². The molecule has 2 N–H and O–H groups in total. The fourth-order valence-electron chi connectivity index (χ4n) is 1.64. The van der Waals surface area contributed by atoms with Crippen LogP contribution in [0.15, 0.2) is 0 Å². The zero-order valence-corrected chi connectivity index (χ0v) is 11.6. The van der Waals surface area contributed by atoms with Crippen LogP contribution in [0.3, 0.4) is 0 Å². The topological polar surface area (TPSA) is 69.6 Å². The van der Waals surface area contributed by atoms with Gasteiger partial charge < -0.3 is 5.11 Å². The van der Waals surface area contributed by atoms with Crippen LogP contribution in [0.25, 0.3) is 0 Å². The first-order valence-electron chi connectivity index (χ1n) is 5.33. The molecular weight excluding hydrogens is 228 g/mol. The maximum atomic E-state index is 10.9. The van der Waals surface area contributed by atoms with E-state index in [1.54, 1.807) is 0 Å². The van der Waals surface area contributed by atoms with E-state index in [-0.39, 0.29) is 18.1 Å². The molecule has 0 fully saturated rings. The standard InChI is InChI=1S/C10H24N2O3S/c1-10(2,3)9(8-13)12(4)7-6-11-16(5,14)15/h9,11,13H,6-8H2,1-5H3. The monoisotopic (exact) mass is 252 g/mol. The minimum absolute atomic E-state index is 0.0221. The molecule has 0 aliphatic heterocycles. The zero-order chi connectivity index (χ0) is 13.0. The van der Waals surface area contributed by atoms with E-state index in [4.69, 9.17) is 0 Å². The Balaban J connectivity index is 4.19. The molecule has 5 nitrogen and oxygen atoms in total. The number of nitrogens with one attached hydrogen (secondary N) is 1. The number of hydrogen-bond acceptors (Lipinski definition) is 4. The Hall–Kier alpha value is -0.170. The van der Waals surface area contributed by atoms with Gasteiger partial charge in [0.1, 0.15) is 0 Å². The average Bonchev–Trinajstić information content (AvgIpc) is 1.99. The first-order valence-corrected chi connectivity index (χ1v) is 7.23. The van der Waals surface area contributed by atoms with Crippen LogP contribution in [0, 0.1) is 5.41 Å². The molecule has 16 heavy (non-hydrogen) atoms. The van der Waals surface area contributed by atoms with Crippen LogP contribution in [-0.4, -0.2) is 57.5 Å². The first-order chi connectivity index (χ1) is 7.08. The summed E-state index contributed by atoms with van der Waals surface area (Å²) in [6.07, 6.45) is 1.14. The van der Waals surface area contributed by atoms with Crippen molar-refractivity contribution < 1.29 is 13.5 Å². The van der Waals surface area contributed by atoms with E-state index >= 15 is 0 Å². The number of sulfonamides is 1. The highest BCUT2D eigenvalue weighted by atomic mass is 32.2. The molecule has 0 bridgehead atoms. The lowest BCUT2D eigenvalue weighted by Crippen LogP contribution is -2.47. The van der Waals surface area contributed by atoms with E-state index in [0.717, 1.165) is 6.26 Å². The van der Waals surface area contributed by atoms with Gasteiger partial charge in [0.15, 0.2) is 0 Å². The van der Waals surface area contributed by atoms with Crippen LogP contribution in [0.1, 0.15) is 20.8 Å². The maximum Gasteiger partial charge on any atom is 0.208 e. The molecule has 98 valence electrons. The van der Waals surface area contributed by atoms with Gasteiger partial charge >= 0.3 is 0 Å². The van der Waals surface area contributed by atoms with Gasteiger partial charge in [-0.3, -0.25) is 4.90 Å². The fourth-order valence-corrected chi connectivity index (χ4v) is 2.10. The summed E-state index contributed by atoms with van der Waals surface area (Å²) in [6, 6.07) is 0.0221. The highest BCUT2D eigenvalue weighted by molar-refractivity contribution is 7.88. The molecule has 1 atom stereocenters. The summed E-state index contributed by atoms with van der Waals surface area (Å²) >= 11 is 0. The SMILES string of the molecule is CN(CCNS(C)(=O)=O)C(CO)C(C)(C)C. The molecule has 0 spiro atoms. The van der Waals surface area contributed by atoms with Crippen LogP contribution >= 0.6 is 0 Å². The summed E-state index contributed by atoms with van der Waals surface area (Å²) in [5.41, 5.74) is -0.0331. The lowest BCUT2D eigenvalue weighted by Gasteiger charge is -2.36. The Labute approximate surface area is 98.9 Å². The van der Waals surface area contributed by atoms with Gasteiger partial charge in [0, 0.05) is 19.1 Å². The quantitative estimate of drug-likeness (QED) is 0.691. The third-order valence-electron chi connectivity index (χ3n) is 2.53. The Morgan fingerprint density at radius 1 is 1.38 bits per heavy atom. The van der Waals surface area contributed by atoms with Gasteiger partial charge in [0.25, 0.3) is 0 Å². The van der Waals surface area contributed by atoms with Crippen molar-refractivity contribution in [1.82, 2.24) is 9.62 Å². The lowest BCUT2D eigenvalue weighted by molar-refractivity contribution is 0.0678. The van der Waals surface area contributed by atoms with Crippen molar-refractivity contribution in [2.24, 2.45) is 5.41 Å². The number of rotatable bonds is 6. The van der Waals surface area contributed by atoms with Crippen LogP contribution < -0.4 is 4.72 Å². The summed E-state index contributed by atoms with van der Waals surface area (Å²) in [4.78, 5) is 1.97. The Bertz CT molecular complexity index is 296. The van der Waals surface area contributed by atoms with Crippen molar-refractivity contribution in [3.8, 4) is 0 Å². The molecule has 0 saturated heterocycles. The largest absolute Gasteiger partial charge is 0.395 e. The van der Waals surface area contributed by atoms with E-state index < -0.39 is 10.0 Å². The number of nitrogens with zero attached hydrogens (tertiary/aromatic N) is 1. The Morgan fingerprint density at radius 2 is 1.88 bits per heavy atom. The maximum absolute atomic E-state index is 10.9. The van der Waals surface area contributed by atoms with Crippen molar-refractivity contribution in [1.29, 1.82) is 0 Å². The smallest absolute Gasteiger partial charge is 0.208 e. The molecule has 0 rings (SSSR count). The number of hydrogen-bond donors (Lipinski definition) is 2. The molecule has 0 aromatic carbocycles. The molecule has 1 unspecified atom stereocenters. The number of aliphatic hydroxyl groups excluding tert-OH is 1. The van der Waals surface area contributed by atoms with Crippen molar-refractivity contribution in [2.75, 3.05) is 33.0 Å². The van der Waals surface area contributed by atoms with E-state index in [9.17, 15) is 13.5 Å². The van der Waals surface area contributed by atoms with E-state index in [2.05, 4.69) is 4.72 Å². The summed E-state index contributed by atoms with van der Waals surface area (Å²) in [7, 11) is -1.24. The van der Waals surface area contributed by atoms with Gasteiger partial charge in [-0.05, 0) is 12.5 Å². The molecule has 0 aromatic rings. The zero-order valence-electron chi connectivity index (χ0n) is 10.8. The summed E-state index contributed by atoms with van der Waals surface area (Å²) in [5, 5.41) is 9.31. The van der Waals surface area contributed by atoms with Gasteiger partial charge in [0.2, 0.25) is 10.0 Å². The molecule has 6 heteroatoms. The molecule has 0 aliphatic carbocycles. The molecule has 0 aromatic heterocycles. The molecular formula is C10H24N2O3S. The normalized spacial score (nSPS) is 15.4. The van der Waals surface area contributed by atoms with E-state index in [1.165, 1.54) is 0 Å². The van der Waals surface area contributed by atoms with Crippen molar-refractivity contribution >= 4 is 10.0 Å². The second-order valence-corrected chi connectivity index (χ2v) is 7.04. The van der Waals surface area contributed by atoms with E-state index in [1.807, 2.05) is 32.7 Å². The molecule has 0 amide bonds. The van der Waals surface area contributed by atoms with Crippen molar-refractivity contribution in [2.45, 2.75) is 26.8 Å². The Morgan fingerprint density at radius 3 is 2.19 bits per heavy atom. The van der Waals surface area contributed by atoms with Crippen LogP contribution in [0.5, 0.6) is 0 Å². The second kappa shape index (κ2) is 5.95. The Kier molecular flexibility index (Phi) is 5.89. The highest BCUT2D eigenvalue weighted by Crippen LogP contribution is 2.22. The number of likely N-dealkylation sites (N-methyl/N-ethyl adjacent to an activating group) is 1. The lowest BCUT2D eigenvalue weighted by atomic mass is 9.86. The van der Waals surface area contributed by atoms with Crippen molar-refractivity contribution in [3.63, 3.8) is 0 Å². The average molecular weight is 252 g/mol. The molecule has 0 aliphatic rings. The molecule has 0 heterocycles. The van der Waals surface area contributed by atoms with Crippen LogP contribution in [-0.2, 0) is 10.0 Å². The number of aliphatic hydroxyl groups is 1. The predicted molar refractivity (Wildman–Crippen MR) is 65.8 cm³/mol. The van der Waals surface area contributed by atoms with Crippen LogP contribution in [0.4, 0.5) is 0 Å².